The molecule has 6 rings (SSSR count). The lowest BCUT2D eigenvalue weighted by atomic mass is 9.89. The monoisotopic (exact) mass is 618 g/mol. The molecule has 1 atom stereocenters. The molecule has 4 N–H and O–H groups in total. The summed E-state index contributed by atoms with van der Waals surface area (Å²) in [6, 6.07) is 20.5. The molecule has 4 aromatic rings. The predicted octanol–water partition coefficient (Wildman–Crippen LogP) is 3.50. The molecule has 1 amide bonds. The number of nitrogens with zero attached hydrogens (tertiary/aromatic N) is 2. The van der Waals surface area contributed by atoms with Gasteiger partial charge in [0.1, 0.15) is 23.6 Å². The summed E-state index contributed by atoms with van der Waals surface area (Å²) in [6.45, 7) is 5.94. The number of phenols is 1. The van der Waals surface area contributed by atoms with Crippen LogP contribution in [0.2, 0.25) is 0 Å². The van der Waals surface area contributed by atoms with E-state index in [1.165, 1.54) is 6.07 Å². The van der Waals surface area contributed by atoms with Crippen molar-refractivity contribution in [2.24, 2.45) is 0 Å². The minimum Gasteiger partial charge on any atom is -0.506 e. The van der Waals surface area contributed by atoms with E-state index < -0.39 is 6.10 Å². The first kappa shape index (κ1) is 30.3. The van der Waals surface area contributed by atoms with E-state index in [9.17, 15) is 19.8 Å². The number of likely N-dealkylation sites (tertiary alicyclic amines) is 1. The van der Waals surface area contributed by atoms with Crippen molar-refractivity contribution in [2.75, 3.05) is 52.5 Å². The maximum absolute atomic E-state index is 13.0. The van der Waals surface area contributed by atoms with Gasteiger partial charge in [-0.2, -0.15) is 0 Å². The lowest BCUT2D eigenvalue weighted by Gasteiger charge is -2.47. The van der Waals surface area contributed by atoms with Gasteiger partial charge in [0, 0.05) is 50.4 Å². The third-order valence-corrected chi connectivity index (χ3v) is 9.47. The van der Waals surface area contributed by atoms with Gasteiger partial charge in [-0.3, -0.25) is 14.5 Å². The third kappa shape index (κ3) is 6.98. The van der Waals surface area contributed by atoms with Crippen molar-refractivity contribution in [3.63, 3.8) is 0 Å². The van der Waals surface area contributed by atoms with Crippen molar-refractivity contribution in [2.45, 2.75) is 31.1 Å². The zero-order valence-corrected chi connectivity index (χ0v) is 25.4. The Labute approximate surface area is 259 Å². The Kier molecular flexibility index (Phi) is 9.29. The second-order valence-corrected chi connectivity index (χ2v) is 12.5. The van der Waals surface area contributed by atoms with Gasteiger partial charge in [0.15, 0.2) is 0 Å². The molecular weight excluding hydrogens is 580 g/mol. The number of carbonyl (C=O) groups is 1. The number of hydrogen-bond acceptors (Lipinski definition) is 9. The van der Waals surface area contributed by atoms with E-state index in [2.05, 4.69) is 15.2 Å². The smallest absolute Gasteiger partial charge is 0.305 e. The van der Waals surface area contributed by atoms with E-state index in [1.807, 2.05) is 59.5 Å². The van der Waals surface area contributed by atoms with Crippen LogP contribution in [0.3, 0.4) is 0 Å². The zero-order valence-electron chi connectivity index (χ0n) is 24.5. The van der Waals surface area contributed by atoms with Crippen molar-refractivity contribution in [3.05, 3.63) is 93.1 Å². The molecule has 3 heterocycles. The number of aromatic nitrogens is 1. The average Bonchev–Trinajstić information content (AvgIpc) is 3.45. The number of aliphatic hydroxyl groups is 1. The van der Waals surface area contributed by atoms with Gasteiger partial charge in [-0.25, -0.2) is 0 Å². The van der Waals surface area contributed by atoms with Gasteiger partial charge in [-0.15, -0.1) is 0 Å². The number of aromatic hydroxyl groups is 1. The first-order valence-electron chi connectivity index (χ1n) is 15.0. The number of H-pyrrole nitrogens is 1. The molecule has 0 saturated carbocycles. The van der Waals surface area contributed by atoms with Gasteiger partial charge in [0.2, 0.25) is 0 Å². The average molecular weight is 619 g/mol. The lowest BCUT2D eigenvalue weighted by Crippen LogP contribution is -2.58. The summed E-state index contributed by atoms with van der Waals surface area (Å²) in [6.07, 6.45) is 0.966. The van der Waals surface area contributed by atoms with Crippen molar-refractivity contribution >= 4 is 27.5 Å². The van der Waals surface area contributed by atoms with Crippen LogP contribution in [0, 0.1) is 0 Å². The number of ether oxygens (including phenoxy) is 2. The molecule has 0 bridgehead atoms. The van der Waals surface area contributed by atoms with E-state index in [1.54, 1.807) is 6.07 Å². The number of thiazole rings is 1. The number of rotatable bonds is 10. The zero-order chi connectivity index (χ0) is 30.5. The summed E-state index contributed by atoms with van der Waals surface area (Å²) >= 11 is 0.979. The second-order valence-electron chi connectivity index (χ2n) is 11.5. The van der Waals surface area contributed by atoms with Crippen molar-refractivity contribution < 1.29 is 24.5 Å². The lowest BCUT2D eigenvalue weighted by molar-refractivity contribution is -0.127. The molecule has 44 heavy (non-hydrogen) atoms. The van der Waals surface area contributed by atoms with E-state index in [4.69, 9.17) is 9.47 Å². The molecular formula is C33H38N4O6S. The van der Waals surface area contributed by atoms with Crippen LogP contribution in [0.15, 0.2) is 71.5 Å². The second kappa shape index (κ2) is 13.5. The van der Waals surface area contributed by atoms with Crippen LogP contribution in [-0.4, -0.2) is 89.0 Å². The molecule has 2 aliphatic rings. The van der Waals surface area contributed by atoms with Crippen LogP contribution in [0.25, 0.3) is 10.2 Å². The fourth-order valence-corrected chi connectivity index (χ4v) is 6.95. The number of morpholine rings is 1. The molecule has 3 aromatic carbocycles. The van der Waals surface area contributed by atoms with Crippen LogP contribution in [-0.2, 0) is 11.3 Å². The number of carbonyl (C=O) groups excluding carboxylic acids is 1. The quantitative estimate of drug-likeness (QED) is 0.213. The summed E-state index contributed by atoms with van der Waals surface area (Å²) in [5.41, 5.74) is 2.48. The van der Waals surface area contributed by atoms with Gasteiger partial charge in [-0.1, -0.05) is 47.7 Å². The number of fused-ring (bicyclic) bond motifs is 1. The number of hydrogen-bond donors (Lipinski definition) is 4. The van der Waals surface area contributed by atoms with Gasteiger partial charge in [0.25, 0.3) is 5.91 Å². The van der Waals surface area contributed by atoms with Crippen molar-refractivity contribution in [3.8, 4) is 11.5 Å². The number of phenolic OH excluding ortho intramolecular Hbond substituents is 1. The number of aliphatic hydroxyl groups excluding tert-OH is 1. The Morgan fingerprint density at radius 2 is 1.84 bits per heavy atom. The molecule has 1 unspecified atom stereocenters. The highest BCUT2D eigenvalue weighted by molar-refractivity contribution is 7.16. The normalized spacial score (nSPS) is 17.6. The van der Waals surface area contributed by atoms with Crippen LogP contribution >= 0.6 is 11.3 Å². The maximum Gasteiger partial charge on any atom is 0.305 e. The van der Waals surface area contributed by atoms with Gasteiger partial charge in [0.05, 0.1) is 29.6 Å². The molecule has 11 heteroatoms. The van der Waals surface area contributed by atoms with E-state index in [0.29, 0.717) is 55.2 Å². The molecule has 2 saturated heterocycles. The highest BCUT2D eigenvalue weighted by Gasteiger charge is 2.41. The van der Waals surface area contributed by atoms with Crippen LogP contribution < -0.4 is 14.9 Å². The summed E-state index contributed by atoms with van der Waals surface area (Å²) in [4.78, 5) is 31.4. The van der Waals surface area contributed by atoms with Gasteiger partial charge in [-0.05, 0) is 48.7 Å². The first-order valence-corrected chi connectivity index (χ1v) is 15.9. The van der Waals surface area contributed by atoms with E-state index in [-0.39, 0.29) is 22.1 Å². The number of benzene rings is 3. The first-order chi connectivity index (χ1) is 21.4. The van der Waals surface area contributed by atoms with Crippen molar-refractivity contribution in [1.29, 1.82) is 0 Å². The maximum atomic E-state index is 13.0. The summed E-state index contributed by atoms with van der Waals surface area (Å²) in [7, 11) is 0. The molecule has 10 nitrogen and oxygen atoms in total. The number of aromatic amines is 1. The summed E-state index contributed by atoms with van der Waals surface area (Å²) in [5.74, 6) is 0.880. The minimum atomic E-state index is -0.822. The Morgan fingerprint density at radius 3 is 2.61 bits per heavy atom. The molecule has 0 aliphatic carbocycles. The highest BCUT2D eigenvalue weighted by atomic mass is 32.1. The molecule has 0 radical (unpaired) electrons. The van der Waals surface area contributed by atoms with Gasteiger partial charge >= 0.3 is 4.87 Å². The fourth-order valence-electron chi connectivity index (χ4n) is 6.03. The number of nitrogens with one attached hydrogen (secondary N) is 2. The molecule has 232 valence electrons. The van der Waals surface area contributed by atoms with Crippen LogP contribution in [0.4, 0.5) is 0 Å². The third-order valence-electron chi connectivity index (χ3n) is 8.54. The summed E-state index contributed by atoms with van der Waals surface area (Å²) < 4.78 is 12.8. The predicted molar refractivity (Wildman–Crippen MR) is 169 cm³/mol. The Balaban J connectivity index is 0.910. The van der Waals surface area contributed by atoms with Crippen LogP contribution in [0.1, 0.15) is 40.4 Å². The molecule has 2 fully saturated rings. The molecule has 1 spiro atoms. The SMILES string of the molecule is O=C(c1ccccc1)N1CCOC2(CCN(CCOc3ccc(CNCC(O)c4ccc(O)c5[nH]c(=O)sc45)cc3)CC2)C1. The fraction of sp³-hybridized carbons (Fsp3) is 0.394. The number of piperidine rings is 1. The van der Waals surface area contributed by atoms with E-state index >= 15 is 0 Å². The summed E-state index contributed by atoms with van der Waals surface area (Å²) in [5, 5.41) is 23.9. The topological polar surface area (TPSA) is 127 Å². The van der Waals surface area contributed by atoms with Crippen molar-refractivity contribution in [1.82, 2.24) is 20.1 Å². The standard InChI is InChI=1S/C33H38N4O6S/c38-27-11-10-26(30-29(27)35-32(41)44-30)28(39)21-34-20-23-6-8-25(9-7-23)42-18-16-36-14-12-33(13-15-36)22-37(17-19-43-33)31(40)24-4-2-1-3-5-24/h1-11,28,34,38-39H,12-22H2,(H,35,41). The highest BCUT2D eigenvalue weighted by Crippen LogP contribution is 2.32. The Morgan fingerprint density at radius 1 is 1.07 bits per heavy atom. The molecule has 1 aromatic heterocycles. The number of amides is 1. The Hall–Kier alpha value is -3.74. The van der Waals surface area contributed by atoms with E-state index in [0.717, 1.165) is 60.7 Å². The van der Waals surface area contributed by atoms with Crippen LogP contribution in [0.5, 0.6) is 11.5 Å². The largest absolute Gasteiger partial charge is 0.506 e. The minimum absolute atomic E-state index is 0.00659. The Bertz CT molecular complexity index is 1620. The van der Waals surface area contributed by atoms with Gasteiger partial charge < -0.3 is 34.9 Å². The molecule has 2 aliphatic heterocycles.